The van der Waals surface area contributed by atoms with Gasteiger partial charge in [-0.15, -0.1) is 0 Å². The zero-order chi connectivity index (χ0) is 21.3. The Kier molecular flexibility index (Phi) is 5.50. The molecule has 4 N–H and O–H groups in total. The van der Waals surface area contributed by atoms with Gasteiger partial charge in [-0.2, -0.15) is 0 Å². The highest BCUT2D eigenvalue weighted by Gasteiger charge is 2.40. The van der Waals surface area contributed by atoms with E-state index in [1.54, 1.807) is 35.2 Å². The number of nitrogens with one attached hydrogen (secondary N) is 2. The van der Waals surface area contributed by atoms with Gasteiger partial charge in [0, 0.05) is 24.6 Å². The molecule has 1 atom stereocenters. The van der Waals surface area contributed by atoms with Gasteiger partial charge < -0.3 is 21.3 Å². The van der Waals surface area contributed by atoms with Crippen LogP contribution in [0.1, 0.15) is 41.2 Å². The molecule has 2 aromatic carbocycles. The van der Waals surface area contributed by atoms with Crippen molar-refractivity contribution < 1.29 is 18.8 Å². The first-order valence-corrected chi connectivity index (χ1v) is 9.98. The van der Waals surface area contributed by atoms with E-state index in [-0.39, 0.29) is 35.9 Å². The van der Waals surface area contributed by atoms with Gasteiger partial charge >= 0.3 is 0 Å². The maximum absolute atomic E-state index is 13.4. The summed E-state index contributed by atoms with van der Waals surface area (Å²) in [4.78, 5) is 39.8. The van der Waals surface area contributed by atoms with Crippen molar-refractivity contribution in [2.45, 2.75) is 25.3 Å². The number of carbonyl (C=O) groups excluding carboxylic acids is 3. The summed E-state index contributed by atoms with van der Waals surface area (Å²) in [7, 11) is 0. The van der Waals surface area contributed by atoms with Crippen molar-refractivity contribution in [3.05, 3.63) is 59.4 Å². The molecule has 1 heterocycles. The van der Waals surface area contributed by atoms with Crippen molar-refractivity contribution in [1.82, 2.24) is 5.32 Å². The fourth-order valence-corrected chi connectivity index (χ4v) is 3.66. The molecular formula is C22H23FN4O3. The summed E-state index contributed by atoms with van der Waals surface area (Å²) < 4.78 is 13.4. The van der Waals surface area contributed by atoms with Crippen LogP contribution in [0.25, 0.3) is 0 Å². The predicted molar refractivity (Wildman–Crippen MR) is 110 cm³/mol. The molecule has 1 unspecified atom stereocenters. The highest BCUT2D eigenvalue weighted by atomic mass is 19.1. The van der Waals surface area contributed by atoms with Crippen LogP contribution in [0.15, 0.2) is 42.5 Å². The fourth-order valence-electron chi connectivity index (χ4n) is 3.66. The lowest BCUT2D eigenvalue weighted by Gasteiger charge is -2.31. The van der Waals surface area contributed by atoms with Crippen LogP contribution in [0.3, 0.4) is 0 Å². The fraction of sp³-hybridized carbons (Fsp3) is 0.318. The molecule has 0 radical (unpaired) electrons. The summed E-state index contributed by atoms with van der Waals surface area (Å²) in [5.74, 6) is -1.12. The first kappa shape index (κ1) is 20.0. The summed E-state index contributed by atoms with van der Waals surface area (Å²) in [6.07, 6.45) is 1.65. The number of amides is 3. The molecule has 0 saturated heterocycles. The Hall–Kier alpha value is -3.26. The number of anilines is 2. The minimum absolute atomic E-state index is 0.0352. The molecule has 1 aliphatic carbocycles. The van der Waals surface area contributed by atoms with E-state index < -0.39 is 6.04 Å². The van der Waals surface area contributed by atoms with Gasteiger partial charge in [0.05, 0.1) is 23.8 Å². The number of fused-ring (bicyclic) bond motifs is 1. The smallest absolute Gasteiger partial charge is 0.251 e. The van der Waals surface area contributed by atoms with Crippen LogP contribution in [-0.4, -0.2) is 30.8 Å². The summed E-state index contributed by atoms with van der Waals surface area (Å²) >= 11 is 0. The second-order valence-corrected chi connectivity index (χ2v) is 7.58. The largest absolute Gasteiger partial charge is 0.351 e. The molecule has 2 aromatic rings. The van der Waals surface area contributed by atoms with Crippen molar-refractivity contribution in [1.29, 1.82) is 0 Å². The van der Waals surface area contributed by atoms with Gasteiger partial charge in [-0.05, 0) is 48.7 Å². The molecule has 0 aromatic heterocycles. The Morgan fingerprint density at radius 3 is 2.57 bits per heavy atom. The molecule has 0 spiro atoms. The van der Waals surface area contributed by atoms with Crippen LogP contribution < -0.4 is 21.3 Å². The molecule has 3 amide bonds. The third-order valence-electron chi connectivity index (χ3n) is 5.33. The first-order valence-electron chi connectivity index (χ1n) is 9.98. The van der Waals surface area contributed by atoms with E-state index in [4.69, 9.17) is 5.73 Å². The average molecular weight is 410 g/mol. The Labute approximate surface area is 173 Å². The molecule has 156 valence electrons. The van der Waals surface area contributed by atoms with E-state index in [9.17, 15) is 18.8 Å². The van der Waals surface area contributed by atoms with E-state index >= 15 is 0 Å². The SMILES string of the molecule is NCCNC(=O)c1ccc2c(c1)NC(=O)CC(c1ccc(F)cc1)N2C(=O)C1CC1. The number of hydrogen-bond donors (Lipinski definition) is 3. The van der Waals surface area contributed by atoms with Crippen molar-refractivity contribution in [2.24, 2.45) is 11.7 Å². The molecule has 30 heavy (non-hydrogen) atoms. The molecule has 2 aliphatic rings. The van der Waals surface area contributed by atoms with E-state index in [1.807, 2.05) is 0 Å². The quantitative estimate of drug-likeness (QED) is 0.704. The monoisotopic (exact) mass is 410 g/mol. The van der Waals surface area contributed by atoms with Gasteiger partial charge in [0.25, 0.3) is 5.91 Å². The Morgan fingerprint density at radius 2 is 1.90 bits per heavy atom. The van der Waals surface area contributed by atoms with E-state index in [0.717, 1.165) is 12.8 Å². The van der Waals surface area contributed by atoms with Gasteiger partial charge in [-0.1, -0.05) is 12.1 Å². The number of nitrogens with two attached hydrogens (primary N) is 1. The average Bonchev–Trinajstić information content (AvgIpc) is 3.58. The second kappa shape index (κ2) is 8.23. The predicted octanol–water partition coefficient (Wildman–Crippen LogP) is 2.34. The van der Waals surface area contributed by atoms with E-state index in [2.05, 4.69) is 10.6 Å². The van der Waals surface area contributed by atoms with Gasteiger partial charge in [0.2, 0.25) is 11.8 Å². The highest BCUT2D eigenvalue weighted by molar-refractivity contribution is 6.07. The molecule has 8 heteroatoms. The van der Waals surface area contributed by atoms with E-state index in [1.165, 1.54) is 12.1 Å². The van der Waals surface area contributed by atoms with Gasteiger partial charge in [0.1, 0.15) is 5.82 Å². The van der Waals surface area contributed by atoms with Crippen LogP contribution in [0.4, 0.5) is 15.8 Å². The topological polar surface area (TPSA) is 105 Å². The Balaban J connectivity index is 1.76. The minimum Gasteiger partial charge on any atom is -0.351 e. The third kappa shape index (κ3) is 4.04. The zero-order valence-electron chi connectivity index (χ0n) is 16.4. The number of halogens is 1. The number of hydrogen-bond acceptors (Lipinski definition) is 4. The summed E-state index contributed by atoms with van der Waals surface area (Å²) in [5.41, 5.74) is 7.40. The van der Waals surface area contributed by atoms with Crippen LogP contribution in [0, 0.1) is 11.7 Å². The molecule has 1 saturated carbocycles. The Bertz CT molecular complexity index is 988. The van der Waals surface area contributed by atoms with E-state index in [0.29, 0.717) is 35.6 Å². The maximum Gasteiger partial charge on any atom is 0.251 e. The minimum atomic E-state index is -0.558. The zero-order valence-corrected chi connectivity index (χ0v) is 16.4. The highest BCUT2D eigenvalue weighted by Crippen LogP contribution is 2.42. The number of benzene rings is 2. The molecule has 4 rings (SSSR count). The molecule has 1 fully saturated rings. The normalized spacial score (nSPS) is 18.3. The van der Waals surface area contributed by atoms with Gasteiger partial charge in [0.15, 0.2) is 0 Å². The van der Waals surface area contributed by atoms with Crippen molar-refractivity contribution in [3.63, 3.8) is 0 Å². The Morgan fingerprint density at radius 1 is 1.17 bits per heavy atom. The van der Waals surface area contributed by atoms with Crippen molar-refractivity contribution in [2.75, 3.05) is 23.3 Å². The van der Waals surface area contributed by atoms with Crippen LogP contribution >= 0.6 is 0 Å². The summed E-state index contributed by atoms with van der Waals surface area (Å²) in [6.45, 7) is 0.650. The van der Waals surface area contributed by atoms with Gasteiger partial charge in [-0.3, -0.25) is 14.4 Å². The van der Waals surface area contributed by atoms with Crippen LogP contribution in [-0.2, 0) is 9.59 Å². The molecule has 1 aliphatic heterocycles. The summed E-state index contributed by atoms with van der Waals surface area (Å²) in [6, 6.07) is 10.1. The molecular weight excluding hydrogens is 387 g/mol. The maximum atomic E-state index is 13.4. The lowest BCUT2D eigenvalue weighted by Crippen LogP contribution is -2.36. The van der Waals surface area contributed by atoms with Crippen LogP contribution in [0.2, 0.25) is 0 Å². The van der Waals surface area contributed by atoms with Gasteiger partial charge in [-0.25, -0.2) is 4.39 Å². The molecule has 0 bridgehead atoms. The molecule has 7 nitrogen and oxygen atoms in total. The third-order valence-corrected chi connectivity index (χ3v) is 5.33. The van der Waals surface area contributed by atoms with Crippen LogP contribution in [0.5, 0.6) is 0 Å². The standard InChI is InChI=1S/C22H23FN4O3/c23-16-6-3-13(4-7-16)19-12-20(28)26-17-11-15(21(29)25-10-9-24)5-8-18(17)27(19)22(30)14-1-2-14/h3-8,11,14,19H,1-2,9-10,12,24H2,(H,25,29)(H,26,28). The lowest BCUT2D eigenvalue weighted by molar-refractivity contribution is -0.120. The lowest BCUT2D eigenvalue weighted by atomic mass is 10.00. The first-order chi connectivity index (χ1) is 14.5. The summed E-state index contributed by atoms with van der Waals surface area (Å²) in [5, 5.41) is 5.51. The second-order valence-electron chi connectivity index (χ2n) is 7.58. The van der Waals surface area contributed by atoms with Crippen molar-refractivity contribution in [3.8, 4) is 0 Å². The number of rotatable bonds is 5. The number of nitrogens with zero attached hydrogens (tertiary/aromatic N) is 1. The van der Waals surface area contributed by atoms with Crippen molar-refractivity contribution >= 4 is 29.1 Å². The number of carbonyl (C=O) groups is 3.